The number of hydrogen-bond acceptors (Lipinski definition) is 6. The second kappa shape index (κ2) is 8.18. The predicted octanol–water partition coefficient (Wildman–Crippen LogP) is 1.32. The van der Waals surface area contributed by atoms with Crippen molar-refractivity contribution < 1.29 is 19.4 Å². The van der Waals surface area contributed by atoms with Crippen LogP contribution in [-0.4, -0.2) is 71.9 Å². The van der Waals surface area contributed by atoms with E-state index in [4.69, 9.17) is 37.8 Å². The Hall–Kier alpha value is -0.553. The van der Waals surface area contributed by atoms with Crippen LogP contribution in [0.2, 0.25) is 10.3 Å². The number of hydrogen-bond donors (Lipinski definition) is 2. The Labute approximate surface area is 143 Å². The molecule has 1 aromatic rings. The van der Waals surface area contributed by atoms with Crippen LogP contribution in [0.3, 0.4) is 0 Å². The van der Waals surface area contributed by atoms with Gasteiger partial charge in [0.05, 0.1) is 19.8 Å². The van der Waals surface area contributed by atoms with Crippen molar-refractivity contribution in [3.63, 3.8) is 0 Å². The van der Waals surface area contributed by atoms with Crippen molar-refractivity contribution in [1.82, 2.24) is 9.97 Å². The number of epoxide rings is 1. The second-order valence-electron chi connectivity index (χ2n) is 4.35. The number of nitrogens with zero attached hydrogens (tertiary/aromatic N) is 2. The molecule has 0 saturated carbocycles. The predicted molar refractivity (Wildman–Crippen MR) is 78.4 cm³/mol. The molecule has 1 radical (unpaired) electrons. The van der Waals surface area contributed by atoms with Crippen molar-refractivity contribution in [1.29, 1.82) is 0 Å². The van der Waals surface area contributed by atoms with Crippen LogP contribution in [0.5, 0.6) is 0 Å². The quantitative estimate of drug-likeness (QED) is 0.442. The standard InChI is InChI=1S/C11H13Cl2N3O4.Li/c1-5(2-19-3-6-4-20-6)14-9-7(12)8(10(17)18)15-11(13)16-9;/h5-6H,2-4H2,1H3,(H,17,18)(H,14,15,16);/t5-,6?;/m0./s1. The van der Waals surface area contributed by atoms with E-state index >= 15 is 0 Å². The molecule has 2 heterocycles. The largest absolute Gasteiger partial charge is 0.476 e. The number of anilines is 1. The zero-order valence-corrected chi connectivity index (χ0v) is 13.1. The van der Waals surface area contributed by atoms with Crippen molar-refractivity contribution in [3.05, 3.63) is 16.0 Å². The second-order valence-corrected chi connectivity index (χ2v) is 5.06. The zero-order valence-electron chi connectivity index (χ0n) is 11.6. The van der Waals surface area contributed by atoms with Gasteiger partial charge in [0.15, 0.2) is 11.5 Å². The van der Waals surface area contributed by atoms with Crippen molar-refractivity contribution in [3.8, 4) is 0 Å². The first-order valence-corrected chi connectivity index (χ1v) is 6.65. The molecule has 2 N–H and O–H groups in total. The maximum atomic E-state index is 11.0. The summed E-state index contributed by atoms with van der Waals surface area (Å²) in [4.78, 5) is 18.4. The van der Waals surface area contributed by atoms with Crippen molar-refractivity contribution >= 4 is 53.8 Å². The Morgan fingerprint density at radius 1 is 1.57 bits per heavy atom. The van der Waals surface area contributed by atoms with Gasteiger partial charge in [-0.2, -0.15) is 4.98 Å². The molecular formula is C11H13Cl2LiN3O4. The molecule has 0 aliphatic carbocycles. The molecule has 0 spiro atoms. The summed E-state index contributed by atoms with van der Waals surface area (Å²) in [5, 5.41) is 11.6. The van der Waals surface area contributed by atoms with E-state index in [1.165, 1.54) is 0 Å². The van der Waals surface area contributed by atoms with Crippen LogP contribution in [0.4, 0.5) is 5.82 Å². The summed E-state index contributed by atoms with van der Waals surface area (Å²) in [7, 11) is 0. The van der Waals surface area contributed by atoms with Gasteiger partial charge in [0.1, 0.15) is 11.1 Å². The Morgan fingerprint density at radius 2 is 2.24 bits per heavy atom. The normalized spacial score (nSPS) is 17.8. The maximum absolute atomic E-state index is 11.0. The summed E-state index contributed by atoms with van der Waals surface area (Å²) in [5.41, 5.74) is -0.339. The van der Waals surface area contributed by atoms with E-state index in [2.05, 4.69) is 15.3 Å². The Kier molecular flexibility index (Phi) is 7.20. The first kappa shape index (κ1) is 18.5. The van der Waals surface area contributed by atoms with Gasteiger partial charge in [0.2, 0.25) is 5.28 Å². The summed E-state index contributed by atoms with van der Waals surface area (Å²) in [5.74, 6) is -1.10. The van der Waals surface area contributed by atoms with Crippen LogP contribution in [0, 0.1) is 0 Å². The first-order chi connectivity index (χ1) is 9.47. The van der Waals surface area contributed by atoms with Crippen LogP contribution in [0.25, 0.3) is 0 Å². The van der Waals surface area contributed by atoms with Crippen molar-refractivity contribution in [2.75, 3.05) is 25.1 Å². The molecule has 0 bridgehead atoms. The van der Waals surface area contributed by atoms with Crippen LogP contribution in [0.15, 0.2) is 0 Å². The minimum Gasteiger partial charge on any atom is -0.476 e. The van der Waals surface area contributed by atoms with Gasteiger partial charge in [-0.25, -0.2) is 9.78 Å². The fraction of sp³-hybridized carbons (Fsp3) is 0.545. The Balaban J connectivity index is 0.00000220. The third kappa shape index (κ3) is 5.62. The molecule has 2 rings (SSSR count). The molecule has 1 saturated heterocycles. The molecule has 1 fully saturated rings. The van der Waals surface area contributed by atoms with Crippen LogP contribution < -0.4 is 5.32 Å². The number of carboxylic acid groups (broad SMARTS) is 1. The van der Waals surface area contributed by atoms with Crippen LogP contribution in [0.1, 0.15) is 17.4 Å². The van der Waals surface area contributed by atoms with E-state index in [0.29, 0.717) is 13.2 Å². The van der Waals surface area contributed by atoms with Crippen molar-refractivity contribution in [2.45, 2.75) is 19.1 Å². The number of aromatic nitrogens is 2. The molecule has 1 unspecified atom stereocenters. The summed E-state index contributed by atoms with van der Waals surface area (Å²) in [6.45, 7) is 3.52. The summed E-state index contributed by atoms with van der Waals surface area (Å²) < 4.78 is 10.4. The van der Waals surface area contributed by atoms with Gasteiger partial charge in [-0.15, -0.1) is 0 Å². The molecule has 2 atom stereocenters. The third-order valence-electron chi connectivity index (χ3n) is 2.48. The fourth-order valence-electron chi connectivity index (χ4n) is 1.47. The van der Waals surface area contributed by atoms with E-state index < -0.39 is 5.97 Å². The van der Waals surface area contributed by atoms with Gasteiger partial charge in [0.25, 0.3) is 0 Å². The Bertz CT molecular complexity index is 516. The topological polar surface area (TPSA) is 96.9 Å². The van der Waals surface area contributed by atoms with Gasteiger partial charge < -0.3 is 19.9 Å². The minimum atomic E-state index is -1.27. The number of aromatic carboxylic acids is 1. The number of rotatable bonds is 7. The Morgan fingerprint density at radius 3 is 2.81 bits per heavy atom. The fourth-order valence-corrected chi connectivity index (χ4v) is 1.86. The molecule has 1 aromatic heterocycles. The molecular weight excluding hydrogens is 316 g/mol. The maximum Gasteiger partial charge on any atom is 0.356 e. The monoisotopic (exact) mass is 328 g/mol. The van der Waals surface area contributed by atoms with Gasteiger partial charge in [-0.05, 0) is 18.5 Å². The van der Waals surface area contributed by atoms with E-state index in [0.717, 1.165) is 6.61 Å². The molecule has 1 aliphatic rings. The number of halogens is 2. The molecule has 0 aromatic carbocycles. The molecule has 10 heteroatoms. The molecule has 111 valence electrons. The molecule has 0 amide bonds. The van der Waals surface area contributed by atoms with Gasteiger partial charge in [-0.1, -0.05) is 11.6 Å². The molecule has 21 heavy (non-hydrogen) atoms. The van der Waals surface area contributed by atoms with E-state index in [9.17, 15) is 4.79 Å². The smallest absolute Gasteiger partial charge is 0.356 e. The van der Waals surface area contributed by atoms with Gasteiger partial charge >= 0.3 is 5.97 Å². The number of ether oxygens (including phenoxy) is 2. The summed E-state index contributed by atoms with van der Waals surface area (Å²) in [6.07, 6.45) is 0.192. The van der Waals surface area contributed by atoms with E-state index in [-0.39, 0.29) is 52.8 Å². The SMILES string of the molecule is C[C@@H](COCC1CO1)Nc1nc(Cl)nc(C(=O)O)c1Cl.[Li]. The van der Waals surface area contributed by atoms with Gasteiger partial charge in [-0.3, -0.25) is 0 Å². The first-order valence-electron chi connectivity index (χ1n) is 5.89. The average molecular weight is 329 g/mol. The van der Waals surface area contributed by atoms with Crippen LogP contribution >= 0.6 is 23.2 Å². The third-order valence-corrected chi connectivity index (χ3v) is 3.01. The summed E-state index contributed by atoms with van der Waals surface area (Å²) >= 11 is 11.6. The van der Waals surface area contributed by atoms with Crippen molar-refractivity contribution in [2.24, 2.45) is 0 Å². The number of carboxylic acids is 1. The molecule has 7 nitrogen and oxygen atoms in total. The van der Waals surface area contributed by atoms with E-state index in [1.54, 1.807) is 0 Å². The minimum absolute atomic E-state index is 0. The number of carbonyl (C=O) groups is 1. The summed E-state index contributed by atoms with van der Waals surface area (Å²) in [6, 6.07) is -0.126. The zero-order chi connectivity index (χ0) is 14.7. The van der Waals surface area contributed by atoms with Crippen LogP contribution in [-0.2, 0) is 9.47 Å². The molecule has 1 aliphatic heterocycles. The van der Waals surface area contributed by atoms with E-state index in [1.807, 2.05) is 6.92 Å². The van der Waals surface area contributed by atoms with Gasteiger partial charge in [0, 0.05) is 24.9 Å². The number of nitrogens with one attached hydrogen (secondary N) is 1. The average Bonchev–Trinajstić information content (AvgIpc) is 3.17.